The molecule has 0 aliphatic carbocycles. The van der Waals surface area contributed by atoms with E-state index in [2.05, 4.69) is 25.4 Å². The molecule has 0 bridgehead atoms. The third-order valence-corrected chi connectivity index (χ3v) is 7.78. The van der Waals surface area contributed by atoms with E-state index in [0.717, 1.165) is 5.69 Å². The zero-order chi connectivity index (χ0) is 22.9. The first-order chi connectivity index (χ1) is 15.2. The van der Waals surface area contributed by atoms with Crippen molar-refractivity contribution in [2.75, 3.05) is 30.0 Å². The van der Waals surface area contributed by atoms with Crippen molar-refractivity contribution in [1.29, 1.82) is 0 Å². The third kappa shape index (κ3) is 4.12. The Labute approximate surface area is 187 Å². The van der Waals surface area contributed by atoms with Crippen molar-refractivity contribution in [3.8, 4) is 0 Å². The summed E-state index contributed by atoms with van der Waals surface area (Å²) >= 11 is 0. The van der Waals surface area contributed by atoms with Crippen LogP contribution in [0.1, 0.15) is 32.5 Å². The number of nitrogens with two attached hydrogens (primary N) is 1. The molecule has 2 atom stereocenters. The zero-order valence-corrected chi connectivity index (χ0v) is 19.2. The molecule has 32 heavy (non-hydrogen) atoms. The lowest BCUT2D eigenvalue weighted by molar-refractivity contribution is 0.0708. The van der Waals surface area contributed by atoms with Crippen molar-refractivity contribution < 1.29 is 13.3 Å². The molecule has 0 radical (unpaired) electrons. The van der Waals surface area contributed by atoms with Crippen LogP contribution in [0.3, 0.4) is 0 Å². The fourth-order valence-corrected chi connectivity index (χ4v) is 6.22. The van der Waals surface area contributed by atoms with Crippen LogP contribution in [-0.2, 0) is 20.5 Å². The molecule has 2 aromatic rings. The Balaban J connectivity index is 1.76. The summed E-state index contributed by atoms with van der Waals surface area (Å²) in [5.74, 6) is 0.564. The van der Waals surface area contributed by atoms with Gasteiger partial charge in [-0.05, 0) is 30.9 Å². The van der Waals surface area contributed by atoms with Gasteiger partial charge in [-0.3, -0.25) is 0 Å². The quantitative estimate of drug-likeness (QED) is 0.627. The van der Waals surface area contributed by atoms with E-state index in [0.29, 0.717) is 25.3 Å². The molecule has 1 saturated heterocycles. The standard InChI is InChI=1S/C20H28N8O3S/c1-14(2)12-32(29,30)28-11-7-10-16(28)20(22-13-31-26-20)17-23-18(21)25-19(24-17)27(3)15-8-5-4-6-9-15/h4-6,8-9,13-14,16,26H,7,10-12H2,1-3H3,(H2,21,23,24,25)/t16-,20?/m1/s1. The molecule has 2 aliphatic heterocycles. The van der Waals surface area contributed by atoms with E-state index in [4.69, 9.17) is 10.6 Å². The van der Waals surface area contributed by atoms with E-state index in [9.17, 15) is 8.42 Å². The van der Waals surface area contributed by atoms with Gasteiger partial charge in [0.1, 0.15) is 0 Å². The summed E-state index contributed by atoms with van der Waals surface area (Å²) in [6.45, 7) is 4.16. The molecule has 0 spiro atoms. The van der Waals surface area contributed by atoms with Crippen molar-refractivity contribution in [2.45, 2.75) is 38.4 Å². The number of benzene rings is 1. The highest BCUT2D eigenvalue weighted by Gasteiger charge is 2.54. The predicted molar refractivity (Wildman–Crippen MR) is 121 cm³/mol. The fraction of sp³-hybridized carbons (Fsp3) is 0.500. The predicted octanol–water partition coefficient (Wildman–Crippen LogP) is 1.39. The summed E-state index contributed by atoms with van der Waals surface area (Å²) in [7, 11) is -1.70. The van der Waals surface area contributed by atoms with Gasteiger partial charge in [-0.2, -0.15) is 19.3 Å². The lowest BCUT2D eigenvalue weighted by Gasteiger charge is -2.35. The molecular weight excluding hydrogens is 432 g/mol. The van der Waals surface area contributed by atoms with Crippen LogP contribution in [0.4, 0.5) is 17.6 Å². The second-order valence-electron chi connectivity index (χ2n) is 8.37. The van der Waals surface area contributed by atoms with Gasteiger partial charge in [0.2, 0.25) is 27.6 Å². The molecule has 1 fully saturated rings. The Morgan fingerprint density at radius 1 is 1.28 bits per heavy atom. The summed E-state index contributed by atoms with van der Waals surface area (Å²) in [6.07, 6.45) is 2.50. The van der Waals surface area contributed by atoms with Crippen molar-refractivity contribution in [3.05, 3.63) is 36.2 Å². The van der Waals surface area contributed by atoms with E-state index in [1.807, 2.05) is 51.2 Å². The molecule has 1 aromatic carbocycles. The number of nitrogens with zero attached hydrogens (tertiary/aromatic N) is 6. The van der Waals surface area contributed by atoms with Crippen molar-refractivity contribution >= 4 is 34.0 Å². The van der Waals surface area contributed by atoms with Crippen LogP contribution in [0.2, 0.25) is 0 Å². The summed E-state index contributed by atoms with van der Waals surface area (Å²) in [6, 6.07) is 9.00. The highest BCUT2D eigenvalue weighted by molar-refractivity contribution is 7.89. The van der Waals surface area contributed by atoms with Crippen molar-refractivity contribution in [2.24, 2.45) is 10.9 Å². The van der Waals surface area contributed by atoms with Gasteiger partial charge in [-0.15, -0.1) is 5.48 Å². The van der Waals surface area contributed by atoms with Gasteiger partial charge in [0.05, 0.1) is 11.8 Å². The maximum Gasteiger partial charge on any atom is 0.234 e. The van der Waals surface area contributed by atoms with E-state index < -0.39 is 21.7 Å². The summed E-state index contributed by atoms with van der Waals surface area (Å²) in [5.41, 5.74) is 8.44. The molecule has 1 aromatic heterocycles. The van der Waals surface area contributed by atoms with Gasteiger partial charge in [-0.25, -0.2) is 13.4 Å². The zero-order valence-electron chi connectivity index (χ0n) is 18.3. The van der Waals surface area contributed by atoms with Gasteiger partial charge >= 0.3 is 0 Å². The Morgan fingerprint density at radius 2 is 2.03 bits per heavy atom. The van der Waals surface area contributed by atoms with Crippen LogP contribution in [-0.4, -0.2) is 59.5 Å². The first-order valence-corrected chi connectivity index (χ1v) is 12.1. The topological polar surface area (TPSA) is 139 Å². The first kappa shape index (κ1) is 22.4. The fourth-order valence-electron chi connectivity index (χ4n) is 4.13. The van der Waals surface area contributed by atoms with Crippen molar-refractivity contribution in [1.82, 2.24) is 24.7 Å². The second-order valence-corrected chi connectivity index (χ2v) is 10.3. The first-order valence-electron chi connectivity index (χ1n) is 10.5. The Morgan fingerprint density at radius 3 is 2.69 bits per heavy atom. The van der Waals surface area contributed by atoms with E-state index >= 15 is 0 Å². The monoisotopic (exact) mass is 460 g/mol. The molecule has 12 heteroatoms. The number of rotatable bonds is 7. The molecule has 1 unspecified atom stereocenters. The van der Waals surface area contributed by atoms with Crippen LogP contribution in [0.25, 0.3) is 0 Å². The molecule has 2 aliphatic rings. The Kier molecular flexibility index (Phi) is 6.01. The summed E-state index contributed by atoms with van der Waals surface area (Å²) < 4.78 is 27.8. The number of hydrogen-bond donors (Lipinski definition) is 2. The highest BCUT2D eigenvalue weighted by atomic mass is 32.2. The number of sulfonamides is 1. The van der Waals surface area contributed by atoms with E-state index in [1.54, 1.807) is 4.90 Å². The van der Waals surface area contributed by atoms with E-state index in [-0.39, 0.29) is 23.4 Å². The number of anilines is 3. The minimum atomic E-state index is -3.52. The van der Waals surface area contributed by atoms with Gasteiger partial charge in [0, 0.05) is 19.3 Å². The highest BCUT2D eigenvalue weighted by Crippen LogP contribution is 2.39. The van der Waals surface area contributed by atoms with Crippen LogP contribution in [0.15, 0.2) is 35.3 Å². The molecule has 4 rings (SSSR count). The van der Waals surface area contributed by atoms with Gasteiger partial charge in [0.15, 0.2) is 12.2 Å². The summed E-state index contributed by atoms with van der Waals surface area (Å²) in [4.78, 5) is 24.8. The van der Waals surface area contributed by atoms with Gasteiger partial charge in [-0.1, -0.05) is 32.0 Å². The number of aliphatic imine (C=N–C) groups is 1. The molecule has 3 N–H and O–H groups in total. The van der Waals surface area contributed by atoms with Crippen LogP contribution < -0.4 is 16.1 Å². The molecule has 172 valence electrons. The number of aromatic nitrogens is 3. The summed E-state index contributed by atoms with van der Waals surface area (Å²) in [5, 5.41) is 0. The molecule has 0 saturated carbocycles. The smallest absolute Gasteiger partial charge is 0.234 e. The maximum atomic E-state index is 13.1. The number of para-hydroxylation sites is 1. The Bertz CT molecular complexity index is 1100. The lowest BCUT2D eigenvalue weighted by Crippen LogP contribution is -2.55. The second kappa shape index (κ2) is 8.60. The van der Waals surface area contributed by atoms with Gasteiger partial charge in [0.25, 0.3) is 0 Å². The minimum absolute atomic E-state index is 0.00522. The van der Waals surface area contributed by atoms with Crippen molar-refractivity contribution in [3.63, 3.8) is 0 Å². The van der Waals surface area contributed by atoms with Crippen LogP contribution >= 0.6 is 0 Å². The average Bonchev–Trinajstić information content (AvgIpc) is 3.43. The third-order valence-electron chi connectivity index (χ3n) is 5.54. The normalized spacial score (nSPS) is 23.6. The van der Waals surface area contributed by atoms with Crippen LogP contribution in [0, 0.1) is 5.92 Å². The number of nitrogens with one attached hydrogen (secondary N) is 1. The number of hydroxylamine groups is 1. The van der Waals surface area contributed by atoms with E-state index in [1.165, 1.54) is 10.7 Å². The van der Waals surface area contributed by atoms with Gasteiger partial charge < -0.3 is 15.5 Å². The van der Waals surface area contributed by atoms with Crippen LogP contribution in [0.5, 0.6) is 0 Å². The maximum absolute atomic E-state index is 13.1. The minimum Gasteiger partial charge on any atom is -0.394 e. The average molecular weight is 461 g/mol. The largest absolute Gasteiger partial charge is 0.394 e. The molecular formula is C20H28N8O3S. The molecule has 3 heterocycles. The Hall–Kier alpha value is -2.83. The molecule has 0 amide bonds. The number of nitrogen functional groups attached to an aromatic ring is 1. The number of hydrogen-bond acceptors (Lipinski definition) is 10. The SMILES string of the molecule is CC(C)CS(=O)(=O)N1CCC[C@@H]1C1(c2nc(N)nc(N(C)c3ccccc3)n2)N=CON1. The lowest BCUT2D eigenvalue weighted by atomic mass is 9.99. The molecule has 11 nitrogen and oxygen atoms in total.